The van der Waals surface area contributed by atoms with Crippen molar-refractivity contribution >= 4 is 31.9 Å². The zero-order chi connectivity index (χ0) is 14.4. The van der Waals surface area contributed by atoms with E-state index in [0.717, 1.165) is 53.4 Å². The normalized spacial score (nSPS) is 32.0. The molecule has 1 aromatic carbocycles. The summed E-state index contributed by atoms with van der Waals surface area (Å²) in [7, 11) is 0. The second kappa shape index (κ2) is 5.77. The van der Waals surface area contributed by atoms with E-state index in [4.69, 9.17) is 9.47 Å². The number of hydrogen-bond acceptors (Lipinski definition) is 2. The fraction of sp³-hybridized carbons (Fsp3) is 0.647. The third-order valence-electron chi connectivity index (χ3n) is 5.33. The van der Waals surface area contributed by atoms with Crippen LogP contribution >= 0.6 is 31.9 Å². The van der Waals surface area contributed by atoms with E-state index in [1.54, 1.807) is 0 Å². The van der Waals surface area contributed by atoms with Gasteiger partial charge in [-0.25, -0.2) is 0 Å². The average Bonchev–Trinajstić information content (AvgIpc) is 3.04. The first-order valence-electron chi connectivity index (χ1n) is 7.95. The molecule has 2 fully saturated rings. The van der Waals surface area contributed by atoms with Gasteiger partial charge in [-0.15, -0.1) is 0 Å². The van der Waals surface area contributed by atoms with Crippen molar-refractivity contribution in [3.8, 4) is 11.5 Å². The SMILES string of the molecule is Brc1cc2c(cc1C(Br)C1CC3CCC1C3)OCCCO2. The molecule has 2 aliphatic carbocycles. The zero-order valence-corrected chi connectivity index (χ0v) is 15.2. The molecule has 4 atom stereocenters. The molecule has 0 N–H and O–H groups in total. The van der Waals surface area contributed by atoms with Crippen LogP contribution in [0.25, 0.3) is 0 Å². The van der Waals surface area contributed by atoms with Gasteiger partial charge < -0.3 is 9.47 Å². The van der Waals surface area contributed by atoms with Gasteiger partial charge in [-0.2, -0.15) is 0 Å². The van der Waals surface area contributed by atoms with E-state index in [2.05, 4.69) is 44.0 Å². The molecule has 1 aromatic rings. The van der Waals surface area contributed by atoms with E-state index < -0.39 is 0 Å². The van der Waals surface area contributed by atoms with Crippen molar-refractivity contribution in [1.82, 2.24) is 0 Å². The summed E-state index contributed by atoms with van der Waals surface area (Å²) in [5.41, 5.74) is 1.32. The van der Waals surface area contributed by atoms with Crippen molar-refractivity contribution in [2.75, 3.05) is 13.2 Å². The first kappa shape index (κ1) is 14.4. The number of halogens is 2. The molecule has 1 heterocycles. The summed E-state index contributed by atoms with van der Waals surface area (Å²) in [6.07, 6.45) is 6.63. The molecule has 3 aliphatic rings. The summed E-state index contributed by atoms with van der Waals surface area (Å²) in [4.78, 5) is 0.416. The third kappa shape index (κ3) is 2.63. The van der Waals surface area contributed by atoms with E-state index in [1.807, 2.05) is 0 Å². The fourth-order valence-corrected chi connectivity index (χ4v) is 6.20. The number of benzene rings is 1. The van der Waals surface area contributed by atoms with Gasteiger partial charge in [0.15, 0.2) is 11.5 Å². The van der Waals surface area contributed by atoms with E-state index >= 15 is 0 Å². The van der Waals surface area contributed by atoms with Crippen LogP contribution in [-0.2, 0) is 0 Å². The highest BCUT2D eigenvalue weighted by Gasteiger charge is 2.43. The lowest BCUT2D eigenvalue weighted by molar-refractivity contribution is 0.296. The Morgan fingerprint density at radius 2 is 1.81 bits per heavy atom. The molecule has 4 rings (SSSR count). The maximum atomic E-state index is 5.85. The highest BCUT2D eigenvalue weighted by molar-refractivity contribution is 9.11. The lowest BCUT2D eigenvalue weighted by atomic mass is 9.84. The van der Waals surface area contributed by atoms with Crippen molar-refractivity contribution < 1.29 is 9.47 Å². The topological polar surface area (TPSA) is 18.5 Å². The molecule has 2 bridgehead atoms. The van der Waals surface area contributed by atoms with Crippen LogP contribution in [0.1, 0.15) is 42.5 Å². The molecule has 0 aromatic heterocycles. The Balaban J connectivity index is 1.63. The lowest BCUT2D eigenvalue weighted by Crippen LogP contribution is -2.16. The largest absolute Gasteiger partial charge is 0.490 e. The second-order valence-electron chi connectivity index (χ2n) is 6.61. The van der Waals surface area contributed by atoms with Gasteiger partial charge in [-0.1, -0.05) is 38.3 Å². The van der Waals surface area contributed by atoms with E-state index in [1.165, 1.54) is 31.2 Å². The molecule has 0 amide bonds. The molecule has 2 nitrogen and oxygen atoms in total. The van der Waals surface area contributed by atoms with Crippen LogP contribution in [0.2, 0.25) is 0 Å². The average molecular weight is 416 g/mol. The minimum absolute atomic E-state index is 0.416. The van der Waals surface area contributed by atoms with E-state index in [9.17, 15) is 0 Å². The summed E-state index contributed by atoms with van der Waals surface area (Å²) in [5, 5.41) is 0. The maximum Gasteiger partial charge on any atom is 0.162 e. The van der Waals surface area contributed by atoms with Crippen molar-refractivity contribution in [1.29, 1.82) is 0 Å². The van der Waals surface area contributed by atoms with Crippen LogP contribution in [0.15, 0.2) is 16.6 Å². The minimum atomic E-state index is 0.416. The Labute approximate surface area is 142 Å². The molecule has 0 saturated heterocycles. The highest BCUT2D eigenvalue weighted by Crippen LogP contribution is 2.56. The van der Waals surface area contributed by atoms with Crippen molar-refractivity contribution in [2.45, 2.75) is 36.9 Å². The van der Waals surface area contributed by atoms with Crippen LogP contribution in [0.5, 0.6) is 11.5 Å². The molecule has 0 radical (unpaired) electrons. The minimum Gasteiger partial charge on any atom is -0.490 e. The van der Waals surface area contributed by atoms with Gasteiger partial charge in [-0.3, -0.25) is 0 Å². The molecule has 21 heavy (non-hydrogen) atoms. The molecule has 1 aliphatic heterocycles. The summed E-state index contributed by atoms with van der Waals surface area (Å²) >= 11 is 7.72. The molecule has 114 valence electrons. The van der Waals surface area contributed by atoms with E-state index in [0.29, 0.717) is 4.83 Å². The number of hydrogen-bond donors (Lipinski definition) is 0. The Bertz CT molecular complexity index is 546. The Hall–Kier alpha value is -0.220. The predicted octanol–water partition coefficient (Wildman–Crippen LogP) is 5.48. The van der Waals surface area contributed by atoms with Gasteiger partial charge in [-0.05, 0) is 54.7 Å². The van der Waals surface area contributed by atoms with E-state index in [-0.39, 0.29) is 0 Å². The van der Waals surface area contributed by atoms with Crippen LogP contribution in [0, 0.1) is 17.8 Å². The van der Waals surface area contributed by atoms with Gasteiger partial charge in [0, 0.05) is 15.7 Å². The number of ether oxygens (including phenoxy) is 2. The van der Waals surface area contributed by atoms with Crippen LogP contribution in [0.3, 0.4) is 0 Å². The van der Waals surface area contributed by atoms with Gasteiger partial charge in [0.1, 0.15) is 0 Å². The third-order valence-corrected chi connectivity index (χ3v) is 7.19. The van der Waals surface area contributed by atoms with Crippen LogP contribution < -0.4 is 9.47 Å². The second-order valence-corrected chi connectivity index (χ2v) is 8.45. The van der Waals surface area contributed by atoms with Gasteiger partial charge >= 0.3 is 0 Å². The predicted molar refractivity (Wildman–Crippen MR) is 90.4 cm³/mol. The Morgan fingerprint density at radius 1 is 1.05 bits per heavy atom. The lowest BCUT2D eigenvalue weighted by Gasteiger charge is -2.28. The van der Waals surface area contributed by atoms with Crippen molar-refractivity contribution in [3.05, 3.63) is 22.2 Å². The van der Waals surface area contributed by atoms with Crippen molar-refractivity contribution in [2.24, 2.45) is 17.8 Å². The molecule has 4 unspecified atom stereocenters. The number of fused-ring (bicyclic) bond motifs is 3. The zero-order valence-electron chi connectivity index (χ0n) is 12.0. The van der Waals surface area contributed by atoms with Gasteiger partial charge in [0.25, 0.3) is 0 Å². The monoisotopic (exact) mass is 414 g/mol. The summed E-state index contributed by atoms with van der Waals surface area (Å²) in [6.45, 7) is 1.48. The first-order valence-corrected chi connectivity index (χ1v) is 9.66. The number of alkyl halides is 1. The van der Waals surface area contributed by atoms with Crippen molar-refractivity contribution in [3.63, 3.8) is 0 Å². The van der Waals surface area contributed by atoms with Gasteiger partial charge in [0.05, 0.1) is 13.2 Å². The first-order chi connectivity index (χ1) is 10.2. The quantitative estimate of drug-likeness (QED) is 0.595. The highest BCUT2D eigenvalue weighted by atomic mass is 79.9. The molecule has 2 saturated carbocycles. The molecular weight excluding hydrogens is 396 g/mol. The Kier molecular flexibility index (Phi) is 3.95. The molecule has 0 spiro atoms. The van der Waals surface area contributed by atoms with Crippen LogP contribution in [0.4, 0.5) is 0 Å². The maximum absolute atomic E-state index is 5.85. The Morgan fingerprint density at radius 3 is 2.48 bits per heavy atom. The number of rotatable bonds is 2. The summed E-state index contributed by atoms with van der Waals surface area (Å²) in [6, 6.07) is 4.26. The van der Waals surface area contributed by atoms with Crippen LogP contribution in [-0.4, -0.2) is 13.2 Å². The van der Waals surface area contributed by atoms with Gasteiger partial charge in [0.2, 0.25) is 0 Å². The molecule has 4 heteroatoms. The smallest absolute Gasteiger partial charge is 0.162 e. The standard InChI is InChI=1S/C17H20Br2O2/c18-14-9-16-15(20-4-1-5-21-16)8-13(14)17(19)12-7-10-2-3-11(12)6-10/h8-12,17H,1-7H2. The summed E-state index contributed by atoms with van der Waals surface area (Å²) < 4.78 is 12.8. The fourth-order valence-electron chi connectivity index (χ4n) is 4.29. The summed E-state index contributed by atoms with van der Waals surface area (Å²) in [5.74, 6) is 4.42. The molecular formula is C17H20Br2O2.